The molecule has 0 spiro atoms. The Balaban J connectivity index is 1.79. The lowest BCUT2D eigenvalue weighted by molar-refractivity contribution is 0.0395. The molecule has 114 valence electrons. The second-order valence-corrected chi connectivity index (χ2v) is 5.12. The number of morpholine rings is 1. The summed E-state index contributed by atoms with van der Waals surface area (Å²) < 4.78 is 18.8. The predicted molar refractivity (Wildman–Crippen MR) is 80.1 cm³/mol. The van der Waals surface area contributed by atoms with Crippen LogP contribution in [0, 0.1) is 5.82 Å². The summed E-state index contributed by atoms with van der Waals surface area (Å²) in [5.74, 6) is -0.0639. The quantitative estimate of drug-likeness (QED) is 0.940. The summed E-state index contributed by atoms with van der Waals surface area (Å²) in [4.78, 5) is 17.6. The topological polar surface area (TPSA) is 68.5 Å². The number of hydrogen-bond donors (Lipinski definition) is 1. The molecule has 0 bridgehead atoms. The number of halogens is 1. The van der Waals surface area contributed by atoms with Gasteiger partial charge < -0.3 is 15.4 Å². The largest absolute Gasteiger partial charge is 0.370 e. The van der Waals surface area contributed by atoms with E-state index in [9.17, 15) is 9.18 Å². The third-order valence-corrected chi connectivity index (χ3v) is 3.66. The molecule has 22 heavy (non-hydrogen) atoms. The summed E-state index contributed by atoms with van der Waals surface area (Å²) in [5.41, 5.74) is 6.64. The minimum Gasteiger partial charge on any atom is -0.370 e. The van der Waals surface area contributed by atoms with Gasteiger partial charge >= 0.3 is 0 Å². The molecule has 1 saturated heterocycles. The third kappa shape index (κ3) is 3.07. The van der Waals surface area contributed by atoms with Crippen molar-refractivity contribution >= 4 is 11.7 Å². The number of carbonyl (C=O) groups is 1. The molecule has 5 nitrogen and oxygen atoms in total. The van der Waals surface area contributed by atoms with Crippen molar-refractivity contribution in [1.29, 1.82) is 0 Å². The van der Waals surface area contributed by atoms with Gasteiger partial charge in [-0.05, 0) is 29.8 Å². The lowest BCUT2D eigenvalue weighted by Gasteiger charge is -2.34. The van der Waals surface area contributed by atoms with Crippen LogP contribution in [0.1, 0.15) is 22.0 Å². The van der Waals surface area contributed by atoms with E-state index in [-0.39, 0.29) is 11.9 Å². The molecule has 1 aliphatic heterocycles. The fraction of sp³-hybridized carbons (Fsp3) is 0.250. The molecule has 1 fully saturated rings. The van der Waals surface area contributed by atoms with E-state index in [2.05, 4.69) is 4.98 Å². The summed E-state index contributed by atoms with van der Waals surface area (Å²) in [5, 5.41) is 0. The normalized spacial score (nSPS) is 18.2. The maximum absolute atomic E-state index is 13.0. The molecule has 1 aliphatic rings. The Kier molecular flexibility index (Phi) is 4.02. The zero-order valence-corrected chi connectivity index (χ0v) is 11.9. The zero-order chi connectivity index (χ0) is 15.5. The van der Waals surface area contributed by atoms with Gasteiger partial charge in [0.2, 0.25) is 5.91 Å². The van der Waals surface area contributed by atoms with E-state index < -0.39 is 5.91 Å². The minimum absolute atomic E-state index is 0.159. The second-order valence-electron chi connectivity index (χ2n) is 5.12. The average molecular weight is 301 g/mol. The van der Waals surface area contributed by atoms with Crippen LogP contribution in [-0.2, 0) is 4.74 Å². The van der Waals surface area contributed by atoms with Crippen molar-refractivity contribution in [2.45, 2.75) is 6.10 Å². The standard InChI is InChI=1S/C16H16FN3O2/c17-13-3-1-11(2-4-13)14-10-20(7-8-22-14)15-9-12(16(18)21)5-6-19-15/h1-6,9,14H,7-8,10H2,(H2,18,21). The van der Waals surface area contributed by atoms with Gasteiger partial charge in [-0.1, -0.05) is 12.1 Å². The van der Waals surface area contributed by atoms with E-state index in [1.54, 1.807) is 30.5 Å². The highest BCUT2D eigenvalue weighted by Crippen LogP contribution is 2.25. The van der Waals surface area contributed by atoms with Gasteiger partial charge in [0, 0.05) is 24.8 Å². The fourth-order valence-electron chi connectivity index (χ4n) is 2.48. The Bertz CT molecular complexity index is 675. The van der Waals surface area contributed by atoms with E-state index in [4.69, 9.17) is 10.5 Å². The molecule has 2 aromatic rings. The van der Waals surface area contributed by atoms with Gasteiger partial charge in [0.15, 0.2) is 0 Å². The highest BCUT2D eigenvalue weighted by Gasteiger charge is 2.23. The van der Waals surface area contributed by atoms with E-state index in [0.717, 1.165) is 5.56 Å². The maximum atomic E-state index is 13.0. The number of rotatable bonds is 3. The van der Waals surface area contributed by atoms with Crippen molar-refractivity contribution in [3.8, 4) is 0 Å². The van der Waals surface area contributed by atoms with Crippen molar-refractivity contribution in [2.75, 3.05) is 24.6 Å². The van der Waals surface area contributed by atoms with Crippen molar-refractivity contribution < 1.29 is 13.9 Å². The van der Waals surface area contributed by atoms with Crippen molar-refractivity contribution in [3.63, 3.8) is 0 Å². The molecule has 1 amide bonds. The van der Waals surface area contributed by atoms with Gasteiger partial charge in [0.05, 0.1) is 6.61 Å². The number of ether oxygens (including phenoxy) is 1. The first-order valence-electron chi connectivity index (χ1n) is 7.01. The van der Waals surface area contributed by atoms with Gasteiger partial charge in [-0.25, -0.2) is 9.37 Å². The number of anilines is 1. The highest BCUT2D eigenvalue weighted by atomic mass is 19.1. The molecule has 6 heteroatoms. The Labute approximate surface area is 127 Å². The summed E-state index contributed by atoms with van der Waals surface area (Å²) in [7, 11) is 0. The second kappa shape index (κ2) is 6.11. The van der Waals surface area contributed by atoms with Gasteiger partial charge in [-0.15, -0.1) is 0 Å². The minimum atomic E-state index is -0.480. The number of nitrogens with two attached hydrogens (primary N) is 1. The van der Waals surface area contributed by atoms with Gasteiger partial charge in [-0.2, -0.15) is 0 Å². The lowest BCUT2D eigenvalue weighted by Crippen LogP contribution is -2.39. The molecule has 0 aliphatic carbocycles. The summed E-state index contributed by atoms with van der Waals surface area (Å²) in [6.45, 7) is 1.79. The van der Waals surface area contributed by atoms with Crippen LogP contribution in [-0.4, -0.2) is 30.6 Å². The Morgan fingerprint density at radius 3 is 2.82 bits per heavy atom. The van der Waals surface area contributed by atoms with Crippen molar-refractivity contribution in [3.05, 3.63) is 59.5 Å². The van der Waals surface area contributed by atoms with Crippen LogP contribution >= 0.6 is 0 Å². The Hall–Kier alpha value is -2.47. The van der Waals surface area contributed by atoms with E-state index in [1.807, 2.05) is 4.90 Å². The van der Waals surface area contributed by atoms with Gasteiger partial charge in [0.1, 0.15) is 17.7 Å². The van der Waals surface area contributed by atoms with Crippen LogP contribution < -0.4 is 10.6 Å². The van der Waals surface area contributed by atoms with Gasteiger partial charge in [-0.3, -0.25) is 4.79 Å². The Morgan fingerprint density at radius 2 is 2.09 bits per heavy atom. The summed E-state index contributed by atoms with van der Waals surface area (Å²) in [6.07, 6.45) is 1.41. The number of primary amides is 1. The van der Waals surface area contributed by atoms with E-state index in [1.165, 1.54) is 12.1 Å². The predicted octanol–water partition coefficient (Wildman–Crippen LogP) is 1.90. The van der Waals surface area contributed by atoms with Crippen LogP contribution in [0.5, 0.6) is 0 Å². The molecule has 2 heterocycles. The fourth-order valence-corrected chi connectivity index (χ4v) is 2.48. The highest BCUT2D eigenvalue weighted by molar-refractivity contribution is 5.93. The van der Waals surface area contributed by atoms with Crippen LogP contribution in [0.4, 0.5) is 10.2 Å². The van der Waals surface area contributed by atoms with Crippen LogP contribution in [0.3, 0.4) is 0 Å². The Morgan fingerprint density at radius 1 is 1.32 bits per heavy atom. The van der Waals surface area contributed by atoms with Crippen LogP contribution in [0.25, 0.3) is 0 Å². The van der Waals surface area contributed by atoms with Crippen molar-refractivity contribution in [2.24, 2.45) is 5.73 Å². The number of aromatic nitrogens is 1. The maximum Gasteiger partial charge on any atom is 0.248 e. The molecule has 1 unspecified atom stereocenters. The van der Waals surface area contributed by atoms with E-state index >= 15 is 0 Å². The van der Waals surface area contributed by atoms with E-state index in [0.29, 0.717) is 31.1 Å². The lowest BCUT2D eigenvalue weighted by atomic mass is 10.1. The summed E-state index contributed by atoms with van der Waals surface area (Å²) in [6, 6.07) is 9.54. The number of hydrogen-bond acceptors (Lipinski definition) is 4. The number of pyridine rings is 1. The molecule has 1 atom stereocenters. The molecule has 1 aromatic carbocycles. The third-order valence-electron chi connectivity index (χ3n) is 3.66. The first kappa shape index (κ1) is 14.5. The number of carbonyl (C=O) groups excluding carboxylic acids is 1. The van der Waals surface area contributed by atoms with Crippen molar-refractivity contribution in [1.82, 2.24) is 4.98 Å². The molecule has 0 saturated carbocycles. The van der Waals surface area contributed by atoms with Crippen LogP contribution in [0.2, 0.25) is 0 Å². The number of benzene rings is 1. The zero-order valence-electron chi connectivity index (χ0n) is 11.9. The van der Waals surface area contributed by atoms with Gasteiger partial charge in [0.25, 0.3) is 0 Å². The number of nitrogens with zero attached hydrogens (tertiary/aromatic N) is 2. The smallest absolute Gasteiger partial charge is 0.248 e. The molecule has 0 radical (unpaired) electrons. The molecule has 3 rings (SSSR count). The van der Waals surface area contributed by atoms with Crippen LogP contribution in [0.15, 0.2) is 42.6 Å². The monoisotopic (exact) mass is 301 g/mol. The molecular weight excluding hydrogens is 285 g/mol. The average Bonchev–Trinajstić information content (AvgIpc) is 2.56. The SMILES string of the molecule is NC(=O)c1ccnc(N2CCOC(c3ccc(F)cc3)C2)c1. The molecule has 2 N–H and O–H groups in total. The summed E-state index contributed by atoms with van der Waals surface area (Å²) >= 11 is 0. The molecule has 1 aromatic heterocycles. The number of amides is 1. The first-order chi connectivity index (χ1) is 10.6. The first-order valence-corrected chi connectivity index (χ1v) is 7.01. The molecular formula is C16H16FN3O2.